The Bertz CT molecular complexity index is 590. The predicted octanol–water partition coefficient (Wildman–Crippen LogP) is 2.77. The van der Waals surface area contributed by atoms with E-state index in [4.69, 9.17) is 22.1 Å². The summed E-state index contributed by atoms with van der Waals surface area (Å²) in [4.78, 5) is 17.8. The van der Waals surface area contributed by atoms with Crippen LogP contribution in [0.1, 0.15) is 42.5 Å². The molecule has 2 fully saturated rings. The molecule has 2 heterocycles. The topological polar surface area (TPSA) is 58.8 Å². The van der Waals surface area contributed by atoms with Crippen molar-refractivity contribution in [3.63, 3.8) is 0 Å². The largest absolute Gasteiger partial charge is 0.491 e. The van der Waals surface area contributed by atoms with E-state index in [0.717, 1.165) is 39.0 Å². The molecule has 1 aromatic rings. The summed E-state index contributed by atoms with van der Waals surface area (Å²) in [5.41, 5.74) is 6.09. The number of rotatable bonds is 6. The molecule has 2 aliphatic heterocycles. The fraction of sp³-hybridized carbons (Fsp3) is 0.632. The van der Waals surface area contributed by atoms with Crippen LogP contribution in [0.15, 0.2) is 18.2 Å². The van der Waals surface area contributed by atoms with Gasteiger partial charge in [-0.25, -0.2) is 0 Å². The van der Waals surface area contributed by atoms with Gasteiger partial charge in [-0.15, -0.1) is 0 Å². The van der Waals surface area contributed by atoms with Gasteiger partial charge in [-0.2, -0.15) is 0 Å². The standard InChI is InChI=1S/C19H28ClN3O2/c20-15-6-7-18(25-12-8-21)17(13-15)19(24)23-11-2-1-5-16(23)14-22-9-3-4-10-22/h6-7,13,16H,1-5,8-12,14,21H2. The lowest BCUT2D eigenvalue weighted by atomic mass is 10.00. The molecule has 0 aliphatic carbocycles. The van der Waals surface area contributed by atoms with E-state index < -0.39 is 0 Å². The maximum absolute atomic E-state index is 13.3. The third-order valence-corrected chi connectivity index (χ3v) is 5.34. The van der Waals surface area contributed by atoms with Gasteiger partial charge < -0.3 is 20.3 Å². The minimum Gasteiger partial charge on any atom is -0.491 e. The summed E-state index contributed by atoms with van der Waals surface area (Å²) in [5.74, 6) is 0.601. The van der Waals surface area contributed by atoms with Crippen molar-refractivity contribution in [2.24, 2.45) is 5.73 Å². The molecule has 138 valence electrons. The Morgan fingerprint density at radius 2 is 1.96 bits per heavy atom. The van der Waals surface area contributed by atoms with Crippen LogP contribution in [0.3, 0.4) is 0 Å². The second-order valence-electron chi connectivity index (χ2n) is 6.93. The van der Waals surface area contributed by atoms with Crippen molar-refractivity contribution in [2.45, 2.75) is 38.1 Å². The highest BCUT2D eigenvalue weighted by atomic mass is 35.5. The van der Waals surface area contributed by atoms with Crippen molar-refractivity contribution >= 4 is 17.5 Å². The summed E-state index contributed by atoms with van der Waals surface area (Å²) < 4.78 is 5.68. The first kappa shape index (κ1) is 18.5. The molecule has 1 unspecified atom stereocenters. The Morgan fingerprint density at radius 1 is 1.20 bits per heavy atom. The SMILES string of the molecule is NCCOc1ccc(Cl)cc1C(=O)N1CCCCC1CN1CCCC1. The smallest absolute Gasteiger partial charge is 0.257 e. The monoisotopic (exact) mass is 365 g/mol. The lowest BCUT2D eigenvalue weighted by Crippen LogP contribution is -2.49. The number of halogens is 1. The number of ether oxygens (including phenoxy) is 1. The van der Waals surface area contributed by atoms with Crippen molar-refractivity contribution in [2.75, 3.05) is 39.3 Å². The summed E-state index contributed by atoms with van der Waals surface area (Å²) in [6, 6.07) is 5.52. The van der Waals surface area contributed by atoms with Crippen LogP contribution in [0.2, 0.25) is 5.02 Å². The van der Waals surface area contributed by atoms with Crippen LogP contribution in [0.5, 0.6) is 5.75 Å². The van der Waals surface area contributed by atoms with Crippen molar-refractivity contribution in [3.8, 4) is 5.75 Å². The summed E-state index contributed by atoms with van der Waals surface area (Å²) >= 11 is 6.15. The quantitative estimate of drug-likeness (QED) is 0.842. The van der Waals surface area contributed by atoms with E-state index >= 15 is 0 Å². The van der Waals surface area contributed by atoms with Crippen molar-refractivity contribution in [1.29, 1.82) is 0 Å². The molecule has 2 N–H and O–H groups in total. The zero-order valence-corrected chi connectivity index (χ0v) is 15.5. The summed E-state index contributed by atoms with van der Waals surface area (Å²) in [6.45, 7) is 4.89. The Morgan fingerprint density at radius 3 is 2.72 bits per heavy atom. The molecule has 6 heteroatoms. The van der Waals surface area contributed by atoms with Crippen molar-refractivity contribution in [3.05, 3.63) is 28.8 Å². The summed E-state index contributed by atoms with van der Waals surface area (Å²) in [5, 5.41) is 0.552. The Hall–Kier alpha value is -1.30. The highest BCUT2D eigenvalue weighted by Gasteiger charge is 2.31. The molecule has 2 saturated heterocycles. The minimum absolute atomic E-state index is 0.0263. The summed E-state index contributed by atoms with van der Waals surface area (Å²) in [6.07, 6.45) is 5.86. The van der Waals surface area contributed by atoms with Gasteiger partial charge in [-0.3, -0.25) is 4.79 Å². The van der Waals surface area contributed by atoms with Crippen molar-refractivity contribution in [1.82, 2.24) is 9.80 Å². The Labute approximate surface area is 155 Å². The molecule has 25 heavy (non-hydrogen) atoms. The average Bonchev–Trinajstić information content (AvgIpc) is 3.13. The van der Waals surface area contributed by atoms with Crippen LogP contribution >= 0.6 is 11.6 Å². The minimum atomic E-state index is 0.0263. The molecule has 1 amide bonds. The van der Waals surface area contributed by atoms with E-state index in [0.29, 0.717) is 29.5 Å². The van der Waals surface area contributed by atoms with Gasteiger partial charge in [0.2, 0.25) is 0 Å². The molecule has 0 aromatic heterocycles. The number of amides is 1. The van der Waals surface area contributed by atoms with Crippen LogP contribution in [-0.2, 0) is 0 Å². The van der Waals surface area contributed by atoms with Crippen LogP contribution in [0.25, 0.3) is 0 Å². The molecule has 1 aromatic carbocycles. The summed E-state index contributed by atoms with van der Waals surface area (Å²) in [7, 11) is 0. The number of hydrogen-bond acceptors (Lipinski definition) is 4. The van der Waals surface area contributed by atoms with Crippen LogP contribution in [0, 0.1) is 0 Å². The number of nitrogens with two attached hydrogens (primary N) is 1. The first-order valence-electron chi connectivity index (χ1n) is 9.35. The number of carbonyl (C=O) groups excluding carboxylic acids is 1. The van der Waals surface area contributed by atoms with Gasteiger partial charge in [0.15, 0.2) is 0 Å². The fourth-order valence-electron chi connectivity index (χ4n) is 3.84. The molecule has 5 nitrogen and oxygen atoms in total. The molecular weight excluding hydrogens is 338 g/mol. The molecule has 1 atom stereocenters. The van der Waals surface area contributed by atoms with E-state index in [-0.39, 0.29) is 11.9 Å². The number of nitrogens with zero attached hydrogens (tertiary/aromatic N) is 2. The molecule has 0 radical (unpaired) electrons. The van der Waals surface area contributed by atoms with E-state index in [1.165, 1.54) is 19.3 Å². The molecule has 3 rings (SSSR count). The highest BCUT2D eigenvalue weighted by molar-refractivity contribution is 6.31. The van der Waals surface area contributed by atoms with Gasteiger partial charge in [0.1, 0.15) is 12.4 Å². The van der Waals surface area contributed by atoms with Gasteiger partial charge in [-0.05, 0) is 63.4 Å². The first-order chi connectivity index (χ1) is 12.2. The number of hydrogen-bond donors (Lipinski definition) is 1. The normalized spacial score (nSPS) is 21.5. The number of carbonyl (C=O) groups is 1. The lowest BCUT2D eigenvalue weighted by Gasteiger charge is -2.38. The first-order valence-corrected chi connectivity index (χ1v) is 9.72. The van der Waals surface area contributed by atoms with E-state index in [1.807, 2.05) is 4.90 Å². The van der Waals surface area contributed by atoms with Crippen LogP contribution in [-0.4, -0.2) is 61.1 Å². The van der Waals surface area contributed by atoms with Crippen LogP contribution in [0.4, 0.5) is 0 Å². The maximum atomic E-state index is 13.3. The lowest BCUT2D eigenvalue weighted by molar-refractivity contribution is 0.0556. The average molecular weight is 366 g/mol. The third-order valence-electron chi connectivity index (χ3n) is 5.10. The maximum Gasteiger partial charge on any atom is 0.257 e. The Kier molecular flexibility index (Phi) is 6.57. The highest BCUT2D eigenvalue weighted by Crippen LogP contribution is 2.28. The molecule has 0 bridgehead atoms. The van der Waals surface area contributed by atoms with Gasteiger partial charge >= 0.3 is 0 Å². The zero-order chi connectivity index (χ0) is 17.6. The van der Waals surface area contributed by atoms with E-state index in [1.54, 1.807) is 18.2 Å². The van der Waals surface area contributed by atoms with Gasteiger partial charge in [0.05, 0.1) is 5.56 Å². The predicted molar refractivity (Wildman–Crippen MR) is 100 cm³/mol. The van der Waals surface area contributed by atoms with Gasteiger partial charge in [0, 0.05) is 30.7 Å². The van der Waals surface area contributed by atoms with Crippen molar-refractivity contribution < 1.29 is 9.53 Å². The molecular formula is C19H28ClN3O2. The zero-order valence-electron chi connectivity index (χ0n) is 14.8. The van der Waals surface area contributed by atoms with Gasteiger partial charge in [-0.1, -0.05) is 11.6 Å². The molecule has 2 aliphatic rings. The number of likely N-dealkylation sites (tertiary alicyclic amines) is 2. The number of piperidine rings is 1. The van der Waals surface area contributed by atoms with E-state index in [9.17, 15) is 4.79 Å². The van der Waals surface area contributed by atoms with Crippen LogP contribution < -0.4 is 10.5 Å². The number of benzene rings is 1. The Balaban J connectivity index is 1.78. The van der Waals surface area contributed by atoms with E-state index in [2.05, 4.69) is 4.90 Å². The second-order valence-corrected chi connectivity index (χ2v) is 7.37. The fourth-order valence-corrected chi connectivity index (χ4v) is 4.01. The molecule has 0 spiro atoms. The second kappa shape index (κ2) is 8.88. The third kappa shape index (κ3) is 4.66. The molecule has 0 saturated carbocycles. The van der Waals surface area contributed by atoms with Gasteiger partial charge in [0.25, 0.3) is 5.91 Å².